The average Bonchev–Trinajstić information content (AvgIpc) is 2.48. The molecule has 0 aliphatic carbocycles. The third kappa shape index (κ3) is 2.70. The Bertz CT molecular complexity index is 591. The smallest absolute Gasteiger partial charge is 0.225 e. The zero-order valence-corrected chi connectivity index (χ0v) is 10.7. The van der Waals surface area contributed by atoms with Crippen molar-refractivity contribution in [1.29, 1.82) is 0 Å². The molecule has 1 fully saturated rings. The Hall–Kier alpha value is -2.21. The third-order valence-corrected chi connectivity index (χ3v) is 3.20. The van der Waals surface area contributed by atoms with Crippen molar-refractivity contribution in [2.24, 2.45) is 0 Å². The largest absolute Gasteiger partial charge is 0.508 e. The Morgan fingerprint density at radius 1 is 1.30 bits per heavy atom. The van der Waals surface area contributed by atoms with E-state index in [4.69, 9.17) is 4.74 Å². The lowest BCUT2D eigenvalue weighted by atomic mass is 10.1. The van der Waals surface area contributed by atoms with E-state index in [9.17, 15) is 9.50 Å². The molecule has 0 amide bonds. The van der Waals surface area contributed by atoms with Gasteiger partial charge in [0.2, 0.25) is 5.95 Å². The Morgan fingerprint density at radius 2 is 2.10 bits per heavy atom. The van der Waals surface area contributed by atoms with Gasteiger partial charge in [0.25, 0.3) is 0 Å². The fourth-order valence-corrected chi connectivity index (χ4v) is 2.23. The molecule has 1 aromatic heterocycles. The van der Waals surface area contributed by atoms with Crippen molar-refractivity contribution in [3.8, 4) is 5.75 Å². The van der Waals surface area contributed by atoms with Crippen LogP contribution in [0.1, 0.15) is 11.7 Å². The van der Waals surface area contributed by atoms with Gasteiger partial charge in [-0.15, -0.1) is 0 Å². The lowest BCUT2D eigenvalue weighted by Crippen LogP contribution is -2.39. The predicted molar refractivity (Wildman–Crippen MR) is 71.0 cm³/mol. The summed E-state index contributed by atoms with van der Waals surface area (Å²) in [5, 5.41) is 9.52. The predicted octanol–water partition coefficient (Wildman–Crippen LogP) is 1.90. The summed E-state index contributed by atoms with van der Waals surface area (Å²) in [6.07, 6.45) is 2.15. The third-order valence-electron chi connectivity index (χ3n) is 3.20. The molecule has 6 heteroatoms. The summed E-state index contributed by atoms with van der Waals surface area (Å²) in [4.78, 5) is 9.91. The Morgan fingerprint density at radius 3 is 2.85 bits per heavy atom. The Labute approximate surface area is 115 Å². The van der Waals surface area contributed by atoms with Gasteiger partial charge >= 0.3 is 0 Å². The van der Waals surface area contributed by atoms with Crippen molar-refractivity contribution < 1.29 is 14.2 Å². The van der Waals surface area contributed by atoms with Crippen molar-refractivity contribution in [2.75, 3.05) is 24.6 Å². The van der Waals surface area contributed by atoms with Crippen LogP contribution in [-0.4, -0.2) is 34.8 Å². The van der Waals surface area contributed by atoms with Crippen LogP contribution in [0.4, 0.5) is 10.3 Å². The highest BCUT2D eigenvalue weighted by atomic mass is 19.1. The fourth-order valence-electron chi connectivity index (χ4n) is 2.23. The van der Waals surface area contributed by atoms with Crippen LogP contribution in [0, 0.1) is 5.82 Å². The van der Waals surface area contributed by atoms with E-state index in [2.05, 4.69) is 9.97 Å². The SMILES string of the molecule is Oc1cccc(C2CN(c3ncc(F)cn3)CCO2)c1. The normalized spacial score (nSPS) is 19.1. The van der Waals surface area contributed by atoms with Crippen molar-refractivity contribution in [3.63, 3.8) is 0 Å². The number of benzene rings is 1. The molecule has 2 heterocycles. The van der Waals surface area contributed by atoms with Gasteiger partial charge in [-0.05, 0) is 17.7 Å². The molecule has 0 bridgehead atoms. The van der Waals surface area contributed by atoms with E-state index in [1.807, 2.05) is 11.0 Å². The van der Waals surface area contributed by atoms with Gasteiger partial charge < -0.3 is 14.7 Å². The number of phenols is 1. The number of nitrogens with zero attached hydrogens (tertiary/aromatic N) is 3. The standard InChI is InChI=1S/C14H14FN3O2/c15-11-7-16-14(17-8-11)18-4-5-20-13(9-18)10-2-1-3-12(19)6-10/h1-3,6-8,13,19H,4-5,9H2. The topological polar surface area (TPSA) is 58.5 Å². The lowest BCUT2D eigenvalue weighted by Gasteiger charge is -2.33. The summed E-state index contributed by atoms with van der Waals surface area (Å²) in [7, 11) is 0. The fraction of sp³-hybridized carbons (Fsp3) is 0.286. The van der Waals surface area contributed by atoms with Crippen LogP contribution in [0.3, 0.4) is 0 Å². The van der Waals surface area contributed by atoms with Gasteiger partial charge in [0.15, 0.2) is 5.82 Å². The van der Waals surface area contributed by atoms with Crippen molar-refractivity contribution in [1.82, 2.24) is 9.97 Å². The number of rotatable bonds is 2. The molecule has 0 radical (unpaired) electrons. The molecule has 1 aromatic carbocycles. The maximum absolute atomic E-state index is 12.8. The summed E-state index contributed by atoms with van der Waals surface area (Å²) in [6.45, 7) is 1.75. The molecule has 1 saturated heterocycles. The second kappa shape index (κ2) is 5.42. The van der Waals surface area contributed by atoms with E-state index in [0.717, 1.165) is 18.0 Å². The number of ether oxygens (including phenoxy) is 1. The maximum atomic E-state index is 12.8. The first-order valence-electron chi connectivity index (χ1n) is 6.35. The first kappa shape index (κ1) is 12.8. The van der Waals surface area contributed by atoms with Gasteiger partial charge in [0.1, 0.15) is 11.9 Å². The Balaban J connectivity index is 1.78. The van der Waals surface area contributed by atoms with E-state index in [1.165, 1.54) is 0 Å². The molecular weight excluding hydrogens is 261 g/mol. The van der Waals surface area contributed by atoms with Gasteiger partial charge in [-0.2, -0.15) is 0 Å². The van der Waals surface area contributed by atoms with E-state index < -0.39 is 5.82 Å². The zero-order chi connectivity index (χ0) is 13.9. The van der Waals surface area contributed by atoms with Gasteiger partial charge in [0, 0.05) is 6.54 Å². The van der Waals surface area contributed by atoms with Gasteiger partial charge in [-0.25, -0.2) is 14.4 Å². The van der Waals surface area contributed by atoms with E-state index >= 15 is 0 Å². The van der Waals surface area contributed by atoms with Crippen LogP contribution < -0.4 is 4.90 Å². The number of morpholine rings is 1. The summed E-state index contributed by atoms with van der Waals surface area (Å²) >= 11 is 0. The molecule has 0 saturated carbocycles. The summed E-state index contributed by atoms with van der Waals surface area (Å²) in [5.41, 5.74) is 0.900. The van der Waals surface area contributed by atoms with Crippen LogP contribution in [0.25, 0.3) is 0 Å². The second-order valence-corrected chi connectivity index (χ2v) is 4.60. The Kier molecular flexibility index (Phi) is 3.47. The molecule has 1 N–H and O–H groups in total. The van der Waals surface area contributed by atoms with E-state index in [1.54, 1.807) is 18.2 Å². The molecule has 3 rings (SSSR count). The van der Waals surface area contributed by atoms with Gasteiger partial charge in [0.05, 0.1) is 25.5 Å². The van der Waals surface area contributed by atoms with E-state index in [0.29, 0.717) is 25.6 Å². The molecule has 5 nitrogen and oxygen atoms in total. The van der Waals surface area contributed by atoms with Crippen LogP contribution in [0.15, 0.2) is 36.7 Å². The highest BCUT2D eigenvalue weighted by Gasteiger charge is 2.23. The number of halogens is 1. The number of aromatic hydroxyl groups is 1. The van der Waals surface area contributed by atoms with E-state index in [-0.39, 0.29) is 11.9 Å². The van der Waals surface area contributed by atoms with Crippen LogP contribution in [0.2, 0.25) is 0 Å². The number of phenolic OH excluding ortho intramolecular Hbond substituents is 1. The molecule has 2 aromatic rings. The molecule has 1 aliphatic heterocycles. The molecule has 20 heavy (non-hydrogen) atoms. The number of aromatic nitrogens is 2. The molecule has 1 unspecified atom stereocenters. The molecule has 1 atom stereocenters. The first-order chi connectivity index (χ1) is 9.72. The summed E-state index contributed by atoms with van der Waals surface area (Å²) in [5.74, 6) is 0.243. The molecule has 1 aliphatic rings. The van der Waals surface area contributed by atoms with Crippen LogP contribution in [-0.2, 0) is 4.74 Å². The molecule has 104 valence electrons. The van der Waals surface area contributed by atoms with Crippen molar-refractivity contribution >= 4 is 5.95 Å². The summed E-state index contributed by atoms with van der Waals surface area (Å²) in [6, 6.07) is 6.98. The number of hydrogen-bond donors (Lipinski definition) is 1. The lowest BCUT2D eigenvalue weighted by molar-refractivity contribution is 0.0391. The minimum absolute atomic E-state index is 0.162. The van der Waals surface area contributed by atoms with Gasteiger partial charge in [-0.3, -0.25) is 0 Å². The quantitative estimate of drug-likeness (QED) is 0.907. The first-order valence-corrected chi connectivity index (χ1v) is 6.35. The number of anilines is 1. The van der Waals surface area contributed by atoms with Gasteiger partial charge in [-0.1, -0.05) is 12.1 Å². The van der Waals surface area contributed by atoms with Crippen molar-refractivity contribution in [2.45, 2.75) is 6.10 Å². The molecule has 0 spiro atoms. The second-order valence-electron chi connectivity index (χ2n) is 4.60. The summed E-state index contributed by atoms with van der Waals surface area (Å²) < 4.78 is 18.6. The average molecular weight is 275 g/mol. The zero-order valence-electron chi connectivity index (χ0n) is 10.7. The highest BCUT2D eigenvalue weighted by molar-refractivity contribution is 5.34. The number of hydrogen-bond acceptors (Lipinski definition) is 5. The highest BCUT2D eigenvalue weighted by Crippen LogP contribution is 2.26. The van der Waals surface area contributed by atoms with Crippen LogP contribution in [0.5, 0.6) is 5.75 Å². The maximum Gasteiger partial charge on any atom is 0.225 e. The minimum atomic E-state index is -0.452. The van der Waals surface area contributed by atoms with Crippen LogP contribution >= 0.6 is 0 Å². The van der Waals surface area contributed by atoms with Crippen molar-refractivity contribution in [3.05, 3.63) is 48.0 Å². The minimum Gasteiger partial charge on any atom is -0.508 e. The molecular formula is C14H14FN3O2. The monoisotopic (exact) mass is 275 g/mol.